The van der Waals surface area contributed by atoms with Crippen LogP contribution < -0.4 is 15.0 Å². The minimum absolute atomic E-state index is 0.123. The minimum atomic E-state index is -0.568. The number of carbonyl (C=O) groups is 2. The summed E-state index contributed by atoms with van der Waals surface area (Å²) < 4.78 is 10.9. The lowest BCUT2D eigenvalue weighted by molar-refractivity contribution is -0.125. The monoisotopic (exact) mass is 376 g/mol. The second-order valence-corrected chi connectivity index (χ2v) is 6.78. The van der Waals surface area contributed by atoms with Gasteiger partial charge in [0.2, 0.25) is 0 Å². The van der Waals surface area contributed by atoms with Crippen LogP contribution >= 0.6 is 0 Å². The quantitative estimate of drug-likeness (QED) is 0.742. The highest BCUT2D eigenvalue weighted by Gasteiger charge is 2.32. The number of fused-ring (bicyclic) bond motifs is 1. The lowest BCUT2D eigenvalue weighted by Crippen LogP contribution is -2.44. The number of nitrogens with zero attached hydrogens (tertiary/aromatic N) is 1. The molecule has 6 nitrogen and oxygen atoms in total. The van der Waals surface area contributed by atoms with Gasteiger partial charge in [-0.05, 0) is 49.7 Å². The van der Waals surface area contributed by atoms with E-state index in [0.29, 0.717) is 23.7 Å². The van der Waals surface area contributed by atoms with Crippen molar-refractivity contribution in [2.45, 2.75) is 26.5 Å². The first-order chi connectivity index (χ1) is 13.5. The summed E-state index contributed by atoms with van der Waals surface area (Å²) in [7, 11) is 0. The van der Waals surface area contributed by atoms with Crippen molar-refractivity contribution in [3.63, 3.8) is 0 Å². The van der Waals surface area contributed by atoms with Gasteiger partial charge in [-0.3, -0.25) is 9.59 Å². The zero-order valence-electron chi connectivity index (χ0n) is 15.6. The molecule has 2 aromatic carbocycles. The van der Waals surface area contributed by atoms with Gasteiger partial charge in [-0.2, -0.15) is 0 Å². The molecular formula is C22H20N2O4. The fourth-order valence-electron chi connectivity index (χ4n) is 3.12. The maximum Gasteiger partial charge on any atom is 0.291 e. The lowest BCUT2D eigenvalue weighted by atomic mass is 10.1. The van der Waals surface area contributed by atoms with Gasteiger partial charge in [0.15, 0.2) is 11.9 Å². The Morgan fingerprint density at radius 2 is 1.93 bits per heavy atom. The summed E-state index contributed by atoms with van der Waals surface area (Å²) in [6, 6.07) is 16.5. The molecule has 2 heterocycles. The van der Waals surface area contributed by atoms with Crippen molar-refractivity contribution < 1.29 is 18.7 Å². The molecule has 4 rings (SSSR count). The summed E-state index contributed by atoms with van der Waals surface area (Å²) in [5.41, 5.74) is 3.36. The molecule has 1 unspecified atom stereocenters. The van der Waals surface area contributed by atoms with Crippen molar-refractivity contribution in [2.75, 3.05) is 10.2 Å². The van der Waals surface area contributed by atoms with E-state index in [1.807, 2.05) is 31.2 Å². The number of rotatable bonds is 4. The molecule has 0 spiro atoms. The van der Waals surface area contributed by atoms with Gasteiger partial charge in [0, 0.05) is 5.69 Å². The van der Waals surface area contributed by atoms with Crippen LogP contribution in [-0.4, -0.2) is 17.9 Å². The molecule has 0 saturated carbocycles. The zero-order valence-corrected chi connectivity index (χ0v) is 15.6. The third-order valence-electron chi connectivity index (χ3n) is 4.63. The molecule has 3 aromatic rings. The maximum absolute atomic E-state index is 12.8. The maximum atomic E-state index is 12.8. The van der Waals surface area contributed by atoms with Crippen molar-refractivity contribution in [2.24, 2.45) is 0 Å². The Bertz CT molecular complexity index is 1010. The summed E-state index contributed by atoms with van der Waals surface area (Å²) >= 11 is 0. The first kappa shape index (κ1) is 17.9. The SMILES string of the molecule is Cc1ccc(CN2C(=O)C(C)Oc3ccc(NC(=O)c4ccco4)cc32)cc1. The Balaban J connectivity index is 1.64. The Morgan fingerprint density at radius 3 is 2.64 bits per heavy atom. The molecule has 0 saturated heterocycles. The van der Waals surface area contributed by atoms with E-state index in [9.17, 15) is 9.59 Å². The van der Waals surface area contributed by atoms with Crippen molar-refractivity contribution in [1.29, 1.82) is 0 Å². The standard InChI is InChI=1S/C22H20N2O4/c1-14-5-7-16(8-6-14)13-24-18-12-17(23-21(25)20-4-3-11-27-20)9-10-19(18)28-15(2)22(24)26/h3-12,15H,13H2,1-2H3,(H,23,25). The molecule has 0 bridgehead atoms. The third kappa shape index (κ3) is 3.49. The summed E-state index contributed by atoms with van der Waals surface area (Å²) in [5, 5.41) is 2.79. The van der Waals surface area contributed by atoms with Crippen molar-refractivity contribution in [3.8, 4) is 5.75 Å². The van der Waals surface area contributed by atoms with Gasteiger partial charge in [0.05, 0.1) is 18.5 Å². The van der Waals surface area contributed by atoms with E-state index in [4.69, 9.17) is 9.15 Å². The van der Waals surface area contributed by atoms with E-state index in [1.54, 1.807) is 42.2 Å². The number of furan rings is 1. The van der Waals surface area contributed by atoms with Crippen LogP contribution in [0.2, 0.25) is 0 Å². The average Bonchev–Trinajstić information content (AvgIpc) is 3.22. The highest BCUT2D eigenvalue weighted by Crippen LogP contribution is 2.37. The Labute approximate surface area is 162 Å². The smallest absolute Gasteiger partial charge is 0.291 e. The number of ether oxygens (including phenoxy) is 1. The van der Waals surface area contributed by atoms with Gasteiger partial charge >= 0.3 is 0 Å². The van der Waals surface area contributed by atoms with E-state index in [2.05, 4.69) is 5.32 Å². The summed E-state index contributed by atoms with van der Waals surface area (Å²) in [4.78, 5) is 26.7. The van der Waals surface area contributed by atoms with Crippen molar-refractivity contribution in [1.82, 2.24) is 0 Å². The van der Waals surface area contributed by atoms with Gasteiger partial charge in [0.1, 0.15) is 5.75 Å². The largest absolute Gasteiger partial charge is 0.479 e. The van der Waals surface area contributed by atoms with Crippen LogP contribution in [0.25, 0.3) is 0 Å². The third-order valence-corrected chi connectivity index (χ3v) is 4.63. The molecule has 1 atom stereocenters. The first-order valence-electron chi connectivity index (χ1n) is 9.04. The van der Waals surface area contributed by atoms with Crippen molar-refractivity contribution in [3.05, 3.63) is 77.7 Å². The Hall–Kier alpha value is -3.54. The van der Waals surface area contributed by atoms with E-state index in [-0.39, 0.29) is 17.6 Å². The Kier molecular flexibility index (Phi) is 4.61. The van der Waals surface area contributed by atoms with Gasteiger partial charge in [-0.25, -0.2) is 0 Å². The highest BCUT2D eigenvalue weighted by molar-refractivity contribution is 6.04. The summed E-state index contributed by atoms with van der Waals surface area (Å²) in [6.07, 6.45) is 0.875. The Morgan fingerprint density at radius 1 is 1.14 bits per heavy atom. The average molecular weight is 376 g/mol. The molecule has 6 heteroatoms. The number of hydrogen-bond donors (Lipinski definition) is 1. The predicted octanol–water partition coefficient (Wildman–Crippen LogP) is 4.15. The van der Waals surface area contributed by atoms with Crippen LogP contribution in [0.4, 0.5) is 11.4 Å². The van der Waals surface area contributed by atoms with Crippen LogP contribution in [0.5, 0.6) is 5.75 Å². The highest BCUT2D eigenvalue weighted by atomic mass is 16.5. The number of hydrogen-bond acceptors (Lipinski definition) is 4. The topological polar surface area (TPSA) is 71.8 Å². The van der Waals surface area contributed by atoms with Gasteiger partial charge in [-0.15, -0.1) is 0 Å². The number of nitrogens with one attached hydrogen (secondary N) is 1. The first-order valence-corrected chi connectivity index (χ1v) is 9.04. The van der Waals surface area contributed by atoms with E-state index in [0.717, 1.165) is 11.1 Å². The summed E-state index contributed by atoms with van der Waals surface area (Å²) in [5.74, 6) is 0.347. The summed E-state index contributed by atoms with van der Waals surface area (Å²) in [6.45, 7) is 4.18. The van der Waals surface area contributed by atoms with Crippen LogP contribution in [0, 0.1) is 6.92 Å². The number of benzene rings is 2. The molecule has 0 fully saturated rings. The van der Waals surface area contributed by atoms with E-state index in [1.165, 1.54) is 6.26 Å². The predicted molar refractivity (Wildman–Crippen MR) is 106 cm³/mol. The molecular weight excluding hydrogens is 356 g/mol. The van der Waals surface area contributed by atoms with Crippen LogP contribution in [0.3, 0.4) is 0 Å². The van der Waals surface area contributed by atoms with E-state index < -0.39 is 6.10 Å². The zero-order chi connectivity index (χ0) is 19.7. The fourth-order valence-corrected chi connectivity index (χ4v) is 3.12. The molecule has 1 N–H and O–H groups in total. The normalized spacial score (nSPS) is 15.7. The molecule has 1 aromatic heterocycles. The van der Waals surface area contributed by atoms with Crippen LogP contribution in [0.15, 0.2) is 65.3 Å². The number of carbonyl (C=O) groups excluding carboxylic acids is 2. The lowest BCUT2D eigenvalue weighted by Gasteiger charge is -2.33. The molecule has 1 aliphatic heterocycles. The van der Waals surface area contributed by atoms with Gasteiger partial charge < -0.3 is 19.4 Å². The molecule has 0 radical (unpaired) electrons. The van der Waals surface area contributed by atoms with Gasteiger partial charge in [-0.1, -0.05) is 29.8 Å². The number of amides is 2. The second-order valence-electron chi connectivity index (χ2n) is 6.78. The molecule has 1 aliphatic rings. The fraction of sp³-hybridized carbons (Fsp3) is 0.182. The van der Waals surface area contributed by atoms with Crippen LogP contribution in [0.1, 0.15) is 28.6 Å². The van der Waals surface area contributed by atoms with Gasteiger partial charge in [0.25, 0.3) is 11.8 Å². The molecule has 2 amide bonds. The van der Waals surface area contributed by atoms with E-state index >= 15 is 0 Å². The van der Waals surface area contributed by atoms with Crippen molar-refractivity contribution >= 4 is 23.2 Å². The number of anilines is 2. The number of aryl methyl sites for hydroxylation is 1. The molecule has 0 aliphatic carbocycles. The second kappa shape index (κ2) is 7.23. The molecule has 142 valence electrons. The molecule has 28 heavy (non-hydrogen) atoms. The van der Waals surface area contributed by atoms with Crippen LogP contribution in [-0.2, 0) is 11.3 Å². The minimum Gasteiger partial charge on any atom is -0.479 e.